The molecule has 300 valence electrons. The Morgan fingerprint density at radius 2 is 1.47 bits per heavy atom. The van der Waals surface area contributed by atoms with Crippen LogP contribution in [0.5, 0.6) is 0 Å². The van der Waals surface area contributed by atoms with Gasteiger partial charge in [0.05, 0.1) is 18.4 Å². The number of imidazole rings is 1. The highest BCUT2D eigenvalue weighted by atomic mass is 19.4. The molecule has 57 heavy (non-hydrogen) atoms. The van der Waals surface area contributed by atoms with Gasteiger partial charge in [0.15, 0.2) is 17.0 Å². The minimum absolute atomic E-state index is 0.0204. The Hall–Kier alpha value is -6.07. The number of amides is 2. The van der Waals surface area contributed by atoms with E-state index in [-0.39, 0.29) is 30.2 Å². The second kappa shape index (κ2) is 17.8. The Balaban J connectivity index is 0.000000719. The number of nitrogens with one attached hydrogen (secondary N) is 3. The van der Waals surface area contributed by atoms with Crippen molar-refractivity contribution in [3.05, 3.63) is 114 Å². The van der Waals surface area contributed by atoms with Crippen LogP contribution in [-0.4, -0.2) is 103 Å². The molecule has 6 N–H and O–H groups in total. The number of hydrogen-bond donors (Lipinski definition) is 6. The molecule has 0 radical (unpaired) electrons. The van der Waals surface area contributed by atoms with Crippen molar-refractivity contribution in [1.82, 2.24) is 30.2 Å². The zero-order valence-corrected chi connectivity index (χ0v) is 30.9. The third-order valence-corrected chi connectivity index (χ3v) is 10.0. The average Bonchev–Trinajstić information content (AvgIpc) is 3.93. The number of nitrogens with zero attached hydrogens (tertiary/aromatic N) is 5. The lowest BCUT2D eigenvalue weighted by molar-refractivity contribution is -0.192. The maximum absolute atomic E-state index is 12.9. The van der Waals surface area contributed by atoms with E-state index >= 15 is 0 Å². The van der Waals surface area contributed by atoms with E-state index in [4.69, 9.17) is 24.9 Å². The fourth-order valence-corrected chi connectivity index (χ4v) is 7.06. The molecule has 5 atom stereocenters. The molecule has 2 amide bonds. The number of fused-ring (bicyclic) bond motifs is 1. The Bertz CT molecular complexity index is 2100. The number of alkyl halides is 3. The molecule has 1 saturated heterocycles. The van der Waals surface area contributed by atoms with Gasteiger partial charge in [0, 0.05) is 43.6 Å². The number of aliphatic hydroxyl groups excluding tert-OH is 2. The molecule has 1 aliphatic carbocycles. The first-order chi connectivity index (χ1) is 27.3. The fraction of sp³-hybridized carbons (Fsp3) is 0.350. The highest BCUT2D eigenvalue weighted by Gasteiger charge is 2.44. The molecular formula is C40H43F3N8O6. The van der Waals surface area contributed by atoms with Gasteiger partial charge in [-0.05, 0) is 36.1 Å². The molecule has 3 heterocycles. The highest BCUT2D eigenvalue weighted by Crippen LogP contribution is 2.35. The summed E-state index contributed by atoms with van der Waals surface area (Å²) in [5.41, 5.74) is 3.95. The summed E-state index contributed by atoms with van der Waals surface area (Å²) < 4.78 is 33.5. The molecule has 1 aliphatic heterocycles. The van der Waals surface area contributed by atoms with Crippen LogP contribution in [0.3, 0.4) is 0 Å². The number of benzene rings is 3. The standard InChI is InChI=1S/C38H42N8O4.C2HF3O2/c1-2-31(47)42-29-20-30(34(49)33(29)48)46-23-40-32-35(39-21-28(24-12-6-3-7-13-24)25-14-8-4-9-15-25)43-38(44-36(32)46)45-19-18-27(22-45)41-37(50)26-16-10-5-11-17-26;3-2(4,5)1(6)7/h3-17,23,27-30,33-34,48-49H,2,18-22H2,1H3,(H,41,50)(H,42,47)(H,39,43,44);(H,6,7)/t27-,29+,30-,33-,34+;/m1./s1. The molecule has 1 saturated carbocycles. The number of rotatable bonds is 11. The van der Waals surface area contributed by atoms with Crippen LogP contribution in [-0.2, 0) is 9.59 Å². The summed E-state index contributed by atoms with van der Waals surface area (Å²) in [7, 11) is 0. The summed E-state index contributed by atoms with van der Waals surface area (Å²) in [5.74, 6) is -2.04. The zero-order valence-electron chi connectivity index (χ0n) is 30.9. The van der Waals surface area contributed by atoms with E-state index in [1.54, 1.807) is 30.0 Å². The highest BCUT2D eigenvalue weighted by molar-refractivity contribution is 5.94. The molecular weight excluding hydrogens is 745 g/mol. The maximum Gasteiger partial charge on any atom is 0.490 e. The predicted molar refractivity (Wildman–Crippen MR) is 205 cm³/mol. The van der Waals surface area contributed by atoms with E-state index in [9.17, 15) is 33.0 Å². The maximum atomic E-state index is 12.9. The lowest BCUT2D eigenvalue weighted by atomic mass is 9.91. The minimum atomic E-state index is -5.08. The van der Waals surface area contributed by atoms with E-state index < -0.39 is 36.4 Å². The fourth-order valence-electron chi connectivity index (χ4n) is 7.06. The van der Waals surface area contributed by atoms with E-state index in [1.165, 1.54) is 0 Å². The van der Waals surface area contributed by atoms with Crippen molar-refractivity contribution in [3.8, 4) is 0 Å². The molecule has 2 fully saturated rings. The van der Waals surface area contributed by atoms with Crippen LogP contribution in [0.15, 0.2) is 97.3 Å². The number of aliphatic carboxylic acids is 1. The number of halogens is 3. The normalized spacial score (nSPS) is 20.5. The van der Waals surface area contributed by atoms with Crippen LogP contribution in [0.2, 0.25) is 0 Å². The number of carbonyl (C=O) groups excluding carboxylic acids is 2. The van der Waals surface area contributed by atoms with Gasteiger partial charge in [0.2, 0.25) is 11.9 Å². The van der Waals surface area contributed by atoms with Gasteiger partial charge in [-0.2, -0.15) is 23.1 Å². The summed E-state index contributed by atoms with van der Waals surface area (Å²) in [6, 6.07) is 28.5. The van der Waals surface area contributed by atoms with Gasteiger partial charge >= 0.3 is 12.1 Å². The lowest BCUT2D eigenvalue weighted by Crippen LogP contribution is -2.42. The van der Waals surface area contributed by atoms with Crippen LogP contribution < -0.4 is 20.9 Å². The van der Waals surface area contributed by atoms with E-state index in [1.807, 2.05) is 59.5 Å². The van der Waals surface area contributed by atoms with Crippen molar-refractivity contribution in [3.63, 3.8) is 0 Å². The van der Waals surface area contributed by atoms with Gasteiger partial charge < -0.3 is 40.7 Å². The predicted octanol–water partition coefficient (Wildman–Crippen LogP) is 4.27. The van der Waals surface area contributed by atoms with Crippen LogP contribution in [0.25, 0.3) is 11.2 Å². The van der Waals surface area contributed by atoms with E-state index in [2.05, 4.69) is 40.2 Å². The second-order valence-corrected chi connectivity index (χ2v) is 13.8. The molecule has 5 aromatic rings. The number of carboxylic acids is 1. The molecule has 14 nitrogen and oxygen atoms in total. The number of anilines is 2. The Morgan fingerprint density at radius 1 is 0.877 bits per heavy atom. The molecule has 3 aromatic carbocycles. The summed E-state index contributed by atoms with van der Waals surface area (Å²) in [5, 5.41) is 38.8. The van der Waals surface area contributed by atoms with E-state index in [0.717, 1.165) is 17.5 Å². The third-order valence-electron chi connectivity index (χ3n) is 10.0. The van der Waals surface area contributed by atoms with Gasteiger partial charge in [0.25, 0.3) is 5.91 Å². The summed E-state index contributed by atoms with van der Waals surface area (Å²) in [4.78, 5) is 50.8. The van der Waals surface area contributed by atoms with Crippen molar-refractivity contribution < 1.29 is 42.9 Å². The number of carboxylic acid groups (broad SMARTS) is 1. The number of carbonyl (C=O) groups is 3. The first kappa shape index (κ1) is 40.6. The molecule has 2 aromatic heterocycles. The molecule has 0 unspecified atom stereocenters. The quantitative estimate of drug-likeness (QED) is 0.112. The third kappa shape index (κ3) is 9.67. The topological polar surface area (TPSA) is 195 Å². The average molecular weight is 789 g/mol. The monoisotopic (exact) mass is 788 g/mol. The number of aromatic nitrogens is 4. The van der Waals surface area contributed by atoms with Crippen LogP contribution in [0.4, 0.5) is 24.9 Å². The number of hydrogen-bond acceptors (Lipinski definition) is 10. The van der Waals surface area contributed by atoms with Crippen LogP contribution in [0, 0.1) is 0 Å². The summed E-state index contributed by atoms with van der Waals surface area (Å²) in [6.07, 6.45) is -4.44. The van der Waals surface area contributed by atoms with E-state index in [0.29, 0.717) is 54.5 Å². The Kier molecular flexibility index (Phi) is 12.7. The Morgan fingerprint density at radius 3 is 2.05 bits per heavy atom. The van der Waals surface area contributed by atoms with Gasteiger partial charge in [-0.15, -0.1) is 0 Å². The minimum Gasteiger partial charge on any atom is -0.475 e. The molecule has 0 spiro atoms. The van der Waals surface area contributed by atoms with Crippen molar-refractivity contribution in [2.75, 3.05) is 29.9 Å². The lowest BCUT2D eigenvalue weighted by Gasteiger charge is -2.22. The molecule has 7 rings (SSSR count). The zero-order chi connectivity index (χ0) is 40.7. The molecule has 17 heteroatoms. The summed E-state index contributed by atoms with van der Waals surface area (Å²) >= 11 is 0. The molecule has 0 bridgehead atoms. The second-order valence-electron chi connectivity index (χ2n) is 13.8. The van der Waals surface area contributed by atoms with Crippen molar-refractivity contribution in [2.24, 2.45) is 0 Å². The smallest absolute Gasteiger partial charge is 0.475 e. The van der Waals surface area contributed by atoms with Crippen molar-refractivity contribution in [1.29, 1.82) is 0 Å². The van der Waals surface area contributed by atoms with Gasteiger partial charge in [-0.1, -0.05) is 85.8 Å². The SMILES string of the molecule is CCC(=O)N[C@H]1C[C@@H](n2cnc3c(NCC(c4ccccc4)c4ccccc4)nc(N4CC[C@@H](NC(=O)c5ccccc5)C4)nc32)[C@H](O)[C@@H]1O.O=C(O)C(F)(F)F. The first-order valence-electron chi connectivity index (χ1n) is 18.5. The van der Waals surface area contributed by atoms with Crippen molar-refractivity contribution in [2.45, 2.75) is 68.6 Å². The molecule has 2 aliphatic rings. The van der Waals surface area contributed by atoms with Gasteiger partial charge in [-0.25, -0.2) is 9.78 Å². The first-order valence-corrected chi connectivity index (χ1v) is 18.5. The van der Waals surface area contributed by atoms with Crippen LogP contribution in [0.1, 0.15) is 59.6 Å². The van der Waals surface area contributed by atoms with Crippen molar-refractivity contribution >= 4 is 40.7 Å². The van der Waals surface area contributed by atoms with Gasteiger partial charge in [-0.3, -0.25) is 9.59 Å². The largest absolute Gasteiger partial charge is 0.490 e. The Labute approximate surface area is 325 Å². The summed E-state index contributed by atoms with van der Waals surface area (Å²) in [6.45, 7) is 3.42. The van der Waals surface area contributed by atoms with Crippen LogP contribution >= 0.6 is 0 Å². The number of aliphatic hydroxyl groups is 2. The van der Waals surface area contributed by atoms with Gasteiger partial charge in [0.1, 0.15) is 12.2 Å².